The minimum atomic E-state index is -1.03. The molecule has 0 amide bonds. The Morgan fingerprint density at radius 1 is 0.889 bits per heavy atom. The predicted molar refractivity (Wildman–Crippen MR) is 102 cm³/mol. The van der Waals surface area contributed by atoms with Crippen LogP contribution in [0.3, 0.4) is 0 Å². The zero-order valence-corrected chi connectivity index (χ0v) is 14.2. The van der Waals surface area contributed by atoms with Gasteiger partial charge in [0.2, 0.25) is 0 Å². The number of anilines is 1. The fraction of sp³-hybridized carbons (Fsp3) is 0. The number of hydrogen-bond acceptors (Lipinski definition) is 5. The summed E-state index contributed by atoms with van der Waals surface area (Å²) in [6.45, 7) is 0. The van der Waals surface area contributed by atoms with Crippen LogP contribution < -0.4 is 10.2 Å². The third-order valence-electron chi connectivity index (χ3n) is 3.66. The van der Waals surface area contributed by atoms with E-state index in [0.29, 0.717) is 17.0 Å². The van der Waals surface area contributed by atoms with Gasteiger partial charge in [-0.15, -0.1) is 0 Å². The number of carbonyl (C=O) groups excluding carboxylic acids is 1. The Morgan fingerprint density at radius 3 is 2.26 bits per heavy atom. The number of hydrazone groups is 1. The van der Waals surface area contributed by atoms with Crippen LogP contribution in [0.25, 0.3) is 0 Å². The quantitative estimate of drug-likeness (QED) is 0.300. The van der Waals surface area contributed by atoms with Gasteiger partial charge in [-0.05, 0) is 54.1 Å². The SMILES string of the molecule is O=C(Oc1ccc(/C=N/Nc2ccccc2C(=O)O)cc1)c1ccccc1. The highest BCUT2D eigenvalue weighted by molar-refractivity contribution is 5.94. The number of para-hydroxylation sites is 1. The Hall–Kier alpha value is -3.93. The summed E-state index contributed by atoms with van der Waals surface area (Å²) < 4.78 is 5.31. The molecule has 0 fully saturated rings. The molecule has 0 spiro atoms. The van der Waals surface area contributed by atoms with E-state index in [2.05, 4.69) is 10.5 Å². The third-order valence-corrected chi connectivity index (χ3v) is 3.66. The molecule has 27 heavy (non-hydrogen) atoms. The van der Waals surface area contributed by atoms with Gasteiger partial charge in [-0.2, -0.15) is 5.10 Å². The van der Waals surface area contributed by atoms with Crippen LogP contribution in [-0.4, -0.2) is 23.3 Å². The van der Waals surface area contributed by atoms with Crippen molar-refractivity contribution >= 4 is 23.8 Å². The Balaban J connectivity index is 1.62. The van der Waals surface area contributed by atoms with E-state index in [0.717, 1.165) is 5.56 Å². The molecule has 3 rings (SSSR count). The number of benzene rings is 3. The average Bonchev–Trinajstić information content (AvgIpc) is 2.70. The van der Waals surface area contributed by atoms with E-state index in [1.165, 1.54) is 6.07 Å². The van der Waals surface area contributed by atoms with E-state index in [9.17, 15) is 9.59 Å². The van der Waals surface area contributed by atoms with Crippen molar-refractivity contribution in [2.45, 2.75) is 0 Å². The second-order valence-electron chi connectivity index (χ2n) is 5.55. The van der Waals surface area contributed by atoms with Gasteiger partial charge in [0.1, 0.15) is 5.75 Å². The lowest BCUT2D eigenvalue weighted by Crippen LogP contribution is -2.08. The van der Waals surface area contributed by atoms with E-state index < -0.39 is 11.9 Å². The monoisotopic (exact) mass is 360 g/mol. The molecule has 2 N–H and O–H groups in total. The zero-order valence-electron chi connectivity index (χ0n) is 14.2. The van der Waals surface area contributed by atoms with E-state index >= 15 is 0 Å². The molecule has 6 nitrogen and oxygen atoms in total. The molecule has 0 saturated carbocycles. The molecule has 0 saturated heterocycles. The lowest BCUT2D eigenvalue weighted by Gasteiger charge is -2.05. The summed E-state index contributed by atoms with van der Waals surface area (Å²) in [7, 11) is 0. The number of esters is 1. The maximum absolute atomic E-state index is 12.0. The largest absolute Gasteiger partial charge is 0.478 e. The van der Waals surface area contributed by atoms with Crippen molar-refractivity contribution in [3.05, 3.63) is 95.6 Å². The maximum atomic E-state index is 12.0. The topological polar surface area (TPSA) is 88.0 Å². The van der Waals surface area contributed by atoms with Gasteiger partial charge in [-0.3, -0.25) is 5.43 Å². The highest BCUT2D eigenvalue weighted by atomic mass is 16.5. The minimum absolute atomic E-state index is 0.137. The van der Waals surface area contributed by atoms with Crippen LogP contribution in [-0.2, 0) is 0 Å². The Kier molecular flexibility index (Phi) is 5.59. The van der Waals surface area contributed by atoms with Gasteiger partial charge in [-0.1, -0.05) is 30.3 Å². The molecule has 0 bridgehead atoms. The van der Waals surface area contributed by atoms with Crippen molar-refractivity contribution in [3.8, 4) is 5.75 Å². The van der Waals surface area contributed by atoms with Crippen molar-refractivity contribution in [1.82, 2.24) is 0 Å². The van der Waals surface area contributed by atoms with Gasteiger partial charge in [0.25, 0.3) is 0 Å². The van der Waals surface area contributed by atoms with Gasteiger partial charge in [0.15, 0.2) is 0 Å². The first kappa shape index (κ1) is 17.9. The molecule has 6 heteroatoms. The molecule has 0 aliphatic heterocycles. The maximum Gasteiger partial charge on any atom is 0.343 e. The lowest BCUT2D eigenvalue weighted by atomic mass is 10.2. The van der Waals surface area contributed by atoms with Crippen LogP contribution in [0.4, 0.5) is 5.69 Å². The van der Waals surface area contributed by atoms with E-state index in [-0.39, 0.29) is 5.56 Å². The Bertz CT molecular complexity index is 967. The molecule has 0 unspecified atom stereocenters. The summed E-state index contributed by atoms with van der Waals surface area (Å²) in [5.74, 6) is -1.04. The van der Waals surface area contributed by atoms with Crippen molar-refractivity contribution in [2.24, 2.45) is 5.10 Å². The lowest BCUT2D eigenvalue weighted by molar-refractivity contribution is 0.0695. The highest BCUT2D eigenvalue weighted by Gasteiger charge is 2.08. The molecule has 0 aliphatic carbocycles. The molecular formula is C21H16N2O4. The van der Waals surface area contributed by atoms with Gasteiger partial charge in [0.05, 0.1) is 23.0 Å². The van der Waals surface area contributed by atoms with Crippen LogP contribution in [0.15, 0.2) is 84.0 Å². The molecule has 3 aromatic carbocycles. The van der Waals surface area contributed by atoms with E-state index in [4.69, 9.17) is 9.84 Å². The number of rotatable bonds is 6. The molecule has 134 valence electrons. The standard InChI is InChI=1S/C21H16N2O4/c24-20(25)18-8-4-5-9-19(18)23-22-14-15-10-12-17(13-11-15)27-21(26)16-6-2-1-3-7-16/h1-14,23H,(H,24,25)/b22-14+. The number of nitrogens with zero attached hydrogens (tertiary/aromatic N) is 1. The average molecular weight is 360 g/mol. The molecule has 0 radical (unpaired) electrons. The summed E-state index contributed by atoms with van der Waals surface area (Å²) in [4.78, 5) is 23.2. The first-order valence-electron chi connectivity index (χ1n) is 8.12. The van der Waals surface area contributed by atoms with Gasteiger partial charge in [-0.25, -0.2) is 9.59 Å². The summed E-state index contributed by atoms with van der Waals surface area (Å²) >= 11 is 0. The summed E-state index contributed by atoms with van der Waals surface area (Å²) in [5, 5.41) is 13.2. The number of aromatic carboxylic acids is 1. The van der Waals surface area contributed by atoms with Crippen LogP contribution in [0, 0.1) is 0 Å². The van der Waals surface area contributed by atoms with E-state index in [1.807, 2.05) is 6.07 Å². The Labute approximate surface area is 155 Å². The molecule has 0 atom stereocenters. The van der Waals surface area contributed by atoms with Crippen molar-refractivity contribution in [1.29, 1.82) is 0 Å². The number of nitrogens with one attached hydrogen (secondary N) is 1. The normalized spacial score (nSPS) is 10.5. The van der Waals surface area contributed by atoms with Gasteiger partial charge in [0, 0.05) is 0 Å². The number of carboxylic acids is 1. The van der Waals surface area contributed by atoms with Crippen LogP contribution in [0.2, 0.25) is 0 Å². The first-order valence-corrected chi connectivity index (χ1v) is 8.12. The molecule has 0 aromatic heterocycles. The Morgan fingerprint density at radius 2 is 1.56 bits per heavy atom. The van der Waals surface area contributed by atoms with Crippen LogP contribution >= 0.6 is 0 Å². The number of ether oxygens (including phenoxy) is 1. The summed E-state index contributed by atoms with van der Waals surface area (Å²) in [5.41, 5.74) is 4.48. The van der Waals surface area contributed by atoms with Crippen LogP contribution in [0.5, 0.6) is 5.75 Å². The molecular weight excluding hydrogens is 344 g/mol. The number of carboxylic acid groups (broad SMARTS) is 1. The molecule has 0 heterocycles. The zero-order chi connectivity index (χ0) is 19.1. The van der Waals surface area contributed by atoms with E-state index in [1.54, 1.807) is 72.9 Å². The smallest absolute Gasteiger partial charge is 0.343 e. The third kappa shape index (κ3) is 4.79. The number of carbonyl (C=O) groups is 2. The van der Waals surface area contributed by atoms with Crippen LogP contribution in [0.1, 0.15) is 26.3 Å². The number of hydrogen-bond donors (Lipinski definition) is 2. The highest BCUT2D eigenvalue weighted by Crippen LogP contribution is 2.16. The first-order chi connectivity index (χ1) is 13.1. The fourth-order valence-corrected chi connectivity index (χ4v) is 2.31. The molecule has 3 aromatic rings. The second-order valence-corrected chi connectivity index (χ2v) is 5.55. The summed E-state index contributed by atoms with van der Waals surface area (Å²) in [6, 6.07) is 22.0. The van der Waals surface area contributed by atoms with Gasteiger partial charge < -0.3 is 9.84 Å². The van der Waals surface area contributed by atoms with Crippen molar-refractivity contribution in [2.75, 3.05) is 5.43 Å². The minimum Gasteiger partial charge on any atom is -0.478 e. The second kappa shape index (κ2) is 8.44. The molecule has 0 aliphatic rings. The summed E-state index contributed by atoms with van der Waals surface area (Å²) in [6.07, 6.45) is 1.54. The predicted octanol–water partition coefficient (Wildman–Crippen LogP) is 4.05. The van der Waals surface area contributed by atoms with Crippen molar-refractivity contribution in [3.63, 3.8) is 0 Å². The fourth-order valence-electron chi connectivity index (χ4n) is 2.31. The van der Waals surface area contributed by atoms with Gasteiger partial charge >= 0.3 is 11.9 Å². The van der Waals surface area contributed by atoms with Crippen molar-refractivity contribution < 1.29 is 19.4 Å².